The second-order valence-electron chi connectivity index (χ2n) is 11.8. The summed E-state index contributed by atoms with van der Waals surface area (Å²) in [7, 11) is 0. The molecule has 0 unspecified atom stereocenters. The van der Waals surface area contributed by atoms with Crippen LogP contribution in [0, 0.1) is 0 Å². The third-order valence-electron chi connectivity index (χ3n) is 8.33. The van der Waals surface area contributed by atoms with Crippen LogP contribution in [0.4, 0.5) is 13.2 Å². The van der Waals surface area contributed by atoms with Gasteiger partial charge in [0.05, 0.1) is 29.1 Å². The number of hydrogen-bond donors (Lipinski definition) is 1. The van der Waals surface area contributed by atoms with Gasteiger partial charge in [-0.3, -0.25) is 19.1 Å². The molecule has 8 nitrogen and oxygen atoms in total. The Hall–Kier alpha value is -3.37. The maximum Gasteiger partial charge on any atom is 0.416 e. The van der Waals surface area contributed by atoms with E-state index in [1.807, 2.05) is 4.68 Å². The second-order valence-corrected chi connectivity index (χ2v) is 11.8. The van der Waals surface area contributed by atoms with E-state index in [0.29, 0.717) is 44.5 Å². The number of halogens is 3. The fourth-order valence-corrected chi connectivity index (χ4v) is 6.27. The summed E-state index contributed by atoms with van der Waals surface area (Å²) in [5, 5.41) is 7.35. The summed E-state index contributed by atoms with van der Waals surface area (Å²) in [4.78, 5) is 41.6. The number of benzene rings is 1. The highest BCUT2D eigenvalue weighted by molar-refractivity contribution is 5.95. The van der Waals surface area contributed by atoms with Gasteiger partial charge < -0.3 is 15.1 Å². The van der Waals surface area contributed by atoms with Gasteiger partial charge in [0.15, 0.2) is 0 Å². The Labute approximate surface area is 231 Å². The first-order valence-electron chi connectivity index (χ1n) is 14.0. The van der Waals surface area contributed by atoms with Crippen LogP contribution in [-0.4, -0.2) is 69.0 Å². The molecule has 11 heteroatoms. The van der Waals surface area contributed by atoms with Gasteiger partial charge in [-0.15, -0.1) is 0 Å². The molecule has 0 spiro atoms. The normalized spacial score (nSPS) is 20.6. The van der Waals surface area contributed by atoms with Crippen LogP contribution in [0.5, 0.6) is 0 Å². The van der Waals surface area contributed by atoms with E-state index in [9.17, 15) is 27.6 Å². The molecule has 216 valence electrons. The minimum absolute atomic E-state index is 0.0371. The van der Waals surface area contributed by atoms with Crippen LogP contribution in [0.15, 0.2) is 30.5 Å². The van der Waals surface area contributed by atoms with E-state index < -0.39 is 17.3 Å². The van der Waals surface area contributed by atoms with Crippen LogP contribution >= 0.6 is 0 Å². The predicted octanol–water partition coefficient (Wildman–Crippen LogP) is 4.49. The zero-order chi connectivity index (χ0) is 28.8. The van der Waals surface area contributed by atoms with Gasteiger partial charge in [-0.05, 0) is 57.6 Å². The molecule has 1 aliphatic carbocycles. The lowest BCUT2D eigenvalue weighted by atomic mass is 9.93. The zero-order valence-electron chi connectivity index (χ0n) is 23.1. The van der Waals surface area contributed by atoms with Crippen LogP contribution < -0.4 is 5.32 Å². The van der Waals surface area contributed by atoms with E-state index >= 15 is 0 Å². The standard InChI is InChI=1S/C29H36F3N5O3/c1-18(38)34-28(2,3)27(40)35-14-11-21(12-15-35)37-25(19-8-9-19)23(16-33-37)26(39)36-13-10-20(17-36)22-6-4-5-7-24(22)29(30,31)32/h4-7,16,19-21H,8-15,17H2,1-3H3,(H,34,38)/t20-/m1/s1. The number of nitrogens with zero attached hydrogens (tertiary/aromatic N) is 4. The number of alkyl halides is 3. The highest BCUT2D eigenvalue weighted by Crippen LogP contribution is 2.44. The number of nitrogens with one attached hydrogen (secondary N) is 1. The van der Waals surface area contributed by atoms with Crippen LogP contribution in [0.25, 0.3) is 0 Å². The summed E-state index contributed by atoms with van der Waals surface area (Å²) < 4.78 is 42.7. The average Bonchev–Trinajstić information content (AvgIpc) is 3.44. The topological polar surface area (TPSA) is 87.5 Å². The second kappa shape index (κ2) is 10.6. The molecule has 1 aromatic heterocycles. The minimum atomic E-state index is -4.44. The van der Waals surface area contributed by atoms with Crippen molar-refractivity contribution in [3.05, 3.63) is 52.8 Å². The first-order chi connectivity index (χ1) is 18.9. The Kier molecular flexibility index (Phi) is 7.43. The number of aromatic nitrogens is 2. The van der Waals surface area contributed by atoms with Gasteiger partial charge in [0, 0.05) is 44.9 Å². The van der Waals surface area contributed by atoms with Crippen molar-refractivity contribution < 1.29 is 27.6 Å². The van der Waals surface area contributed by atoms with Gasteiger partial charge in [-0.2, -0.15) is 18.3 Å². The van der Waals surface area contributed by atoms with E-state index in [-0.39, 0.29) is 47.7 Å². The molecule has 3 aliphatic rings. The smallest absolute Gasteiger partial charge is 0.342 e. The lowest BCUT2D eigenvalue weighted by Gasteiger charge is -2.37. The molecule has 1 atom stereocenters. The van der Waals surface area contributed by atoms with E-state index in [2.05, 4.69) is 10.4 Å². The molecule has 1 N–H and O–H groups in total. The molecule has 2 aliphatic heterocycles. The van der Waals surface area contributed by atoms with Gasteiger partial charge in [-0.1, -0.05) is 18.2 Å². The van der Waals surface area contributed by atoms with Gasteiger partial charge in [-0.25, -0.2) is 0 Å². The van der Waals surface area contributed by atoms with Crippen LogP contribution in [0.1, 0.15) is 97.9 Å². The molecule has 40 heavy (non-hydrogen) atoms. The number of hydrogen-bond acceptors (Lipinski definition) is 4. The van der Waals surface area contributed by atoms with Crippen molar-refractivity contribution in [3.63, 3.8) is 0 Å². The number of piperidine rings is 1. The van der Waals surface area contributed by atoms with E-state index in [0.717, 1.165) is 24.6 Å². The van der Waals surface area contributed by atoms with E-state index in [4.69, 9.17) is 0 Å². The van der Waals surface area contributed by atoms with Gasteiger partial charge in [0.2, 0.25) is 11.8 Å². The van der Waals surface area contributed by atoms with Crippen LogP contribution in [0.3, 0.4) is 0 Å². The SMILES string of the molecule is CC(=O)NC(C)(C)C(=O)N1CCC(n2ncc(C(=O)N3CC[C@@H](c4ccccc4C(F)(F)F)C3)c2C2CC2)CC1. The highest BCUT2D eigenvalue weighted by atomic mass is 19.4. The van der Waals surface area contributed by atoms with E-state index in [1.165, 1.54) is 19.1 Å². The van der Waals surface area contributed by atoms with E-state index in [1.54, 1.807) is 35.9 Å². The molecule has 5 rings (SSSR count). The summed E-state index contributed by atoms with van der Waals surface area (Å²) in [6.07, 6.45) is 0.949. The van der Waals surface area contributed by atoms with Crippen molar-refractivity contribution >= 4 is 17.7 Å². The van der Waals surface area contributed by atoms with Crippen molar-refractivity contribution in [1.82, 2.24) is 24.9 Å². The summed E-state index contributed by atoms with van der Waals surface area (Å²) in [6.45, 7) is 6.47. The summed E-state index contributed by atoms with van der Waals surface area (Å²) in [5.41, 5.74) is 0.0691. The fraction of sp³-hybridized carbons (Fsp3) is 0.586. The van der Waals surface area contributed by atoms with Crippen LogP contribution in [-0.2, 0) is 15.8 Å². The van der Waals surface area contributed by atoms with Crippen LogP contribution in [0.2, 0.25) is 0 Å². The molecule has 1 aromatic carbocycles. The highest BCUT2D eigenvalue weighted by Gasteiger charge is 2.41. The third-order valence-corrected chi connectivity index (χ3v) is 8.33. The lowest BCUT2D eigenvalue weighted by molar-refractivity contribution is -0.141. The number of rotatable bonds is 6. The molecule has 1 saturated carbocycles. The quantitative estimate of drug-likeness (QED) is 0.565. The largest absolute Gasteiger partial charge is 0.416 e. The van der Waals surface area contributed by atoms with Gasteiger partial charge in [0.1, 0.15) is 5.54 Å². The first kappa shape index (κ1) is 28.2. The summed E-state index contributed by atoms with van der Waals surface area (Å²) in [6, 6.07) is 5.67. The van der Waals surface area contributed by atoms with Gasteiger partial charge in [0.25, 0.3) is 5.91 Å². The molecule has 3 amide bonds. The predicted molar refractivity (Wildman–Crippen MR) is 142 cm³/mol. The number of likely N-dealkylation sites (tertiary alicyclic amines) is 2. The monoisotopic (exact) mass is 559 g/mol. The molecule has 0 bridgehead atoms. The maximum atomic E-state index is 13.7. The molecule has 3 fully saturated rings. The Bertz CT molecular complexity index is 1290. The molecule has 2 saturated heterocycles. The molecule has 0 radical (unpaired) electrons. The van der Waals surface area contributed by atoms with Crippen molar-refractivity contribution in [2.75, 3.05) is 26.2 Å². The Balaban J connectivity index is 1.28. The van der Waals surface area contributed by atoms with Crippen molar-refractivity contribution in [2.24, 2.45) is 0 Å². The Morgan fingerprint density at radius 1 is 0.925 bits per heavy atom. The molecular formula is C29H36F3N5O3. The summed E-state index contributed by atoms with van der Waals surface area (Å²) in [5.74, 6) is -0.695. The lowest BCUT2D eigenvalue weighted by Crippen LogP contribution is -2.56. The van der Waals surface area contributed by atoms with Crippen molar-refractivity contribution in [2.45, 2.75) is 82.5 Å². The summed E-state index contributed by atoms with van der Waals surface area (Å²) >= 11 is 0. The zero-order valence-corrected chi connectivity index (χ0v) is 23.1. The third kappa shape index (κ3) is 5.60. The maximum absolute atomic E-state index is 13.7. The number of carbonyl (C=O) groups is 3. The van der Waals surface area contributed by atoms with Crippen molar-refractivity contribution in [1.29, 1.82) is 0 Å². The minimum Gasteiger partial charge on any atom is -0.342 e. The fourth-order valence-electron chi connectivity index (χ4n) is 6.27. The molecule has 3 heterocycles. The van der Waals surface area contributed by atoms with Gasteiger partial charge >= 0.3 is 6.18 Å². The molecular weight excluding hydrogens is 523 g/mol. The molecule has 2 aromatic rings. The average molecular weight is 560 g/mol. The Morgan fingerprint density at radius 3 is 2.20 bits per heavy atom. The Morgan fingerprint density at radius 2 is 1.57 bits per heavy atom. The number of amides is 3. The first-order valence-corrected chi connectivity index (χ1v) is 14.0. The van der Waals surface area contributed by atoms with Crippen molar-refractivity contribution in [3.8, 4) is 0 Å². The number of carbonyl (C=O) groups excluding carboxylic acids is 3.